The Morgan fingerprint density at radius 3 is 2.55 bits per heavy atom. The second kappa shape index (κ2) is 7.64. The molecule has 0 aliphatic rings. The maximum Gasteiger partial charge on any atom is 0.240 e. The first kappa shape index (κ1) is 17.0. The summed E-state index contributed by atoms with van der Waals surface area (Å²) < 4.78 is 27.2. The van der Waals surface area contributed by atoms with Gasteiger partial charge in [0.05, 0.1) is 4.90 Å². The van der Waals surface area contributed by atoms with E-state index in [2.05, 4.69) is 18.6 Å². The average Bonchev–Trinajstić information content (AvgIpc) is 2.42. The minimum Gasteiger partial charge on any atom is -0.399 e. The number of unbranched alkanes of at least 4 members (excludes halogenated alkanes) is 1. The largest absolute Gasteiger partial charge is 0.399 e. The molecule has 0 bridgehead atoms. The molecule has 0 amide bonds. The van der Waals surface area contributed by atoms with Gasteiger partial charge < -0.3 is 5.73 Å². The third-order valence-electron chi connectivity index (χ3n) is 3.66. The van der Waals surface area contributed by atoms with Crippen LogP contribution >= 0.6 is 0 Å². The highest BCUT2D eigenvalue weighted by atomic mass is 32.2. The Bertz CT molecular complexity index is 527. The maximum absolute atomic E-state index is 12.2. The number of hydrogen-bond acceptors (Lipinski definition) is 3. The van der Waals surface area contributed by atoms with Crippen molar-refractivity contribution < 1.29 is 8.42 Å². The summed E-state index contributed by atoms with van der Waals surface area (Å²) in [6, 6.07) is 4.81. The molecule has 0 saturated carbocycles. The molecule has 1 rings (SSSR count). The van der Waals surface area contributed by atoms with E-state index in [0.717, 1.165) is 31.2 Å². The number of sulfonamides is 1. The average molecular weight is 298 g/mol. The molecule has 0 heterocycles. The van der Waals surface area contributed by atoms with Crippen molar-refractivity contribution in [1.82, 2.24) is 4.72 Å². The van der Waals surface area contributed by atoms with Crippen LogP contribution in [0.4, 0.5) is 5.69 Å². The van der Waals surface area contributed by atoms with Crippen LogP contribution in [0.3, 0.4) is 0 Å². The van der Waals surface area contributed by atoms with E-state index in [1.807, 2.05) is 6.92 Å². The van der Waals surface area contributed by atoms with Crippen molar-refractivity contribution in [2.24, 2.45) is 5.92 Å². The SMILES string of the molecule is CCCCC(CC)CNS(=O)(=O)c1ccc(N)c(C)c1. The van der Waals surface area contributed by atoms with Crippen LogP contribution in [-0.4, -0.2) is 15.0 Å². The number of nitrogen functional groups attached to an aromatic ring is 1. The van der Waals surface area contributed by atoms with Gasteiger partial charge in [-0.25, -0.2) is 13.1 Å². The Balaban J connectivity index is 2.71. The van der Waals surface area contributed by atoms with Gasteiger partial charge in [0.1, 0.15) is 0 Å². The Morgan fingerprint density at radius 1 is 1.30 bits per heavy atom. The van der Waals surface area contributed by atoms with Crippen molar-refractivity contribution in [3.05, 3.63) is 23.8 Å². The van der Waals surface area contributed by atoms with Crippen LogP contribution in [0, 0.1) is 12.8 Å². The molecule has 0 aliphatic heterocycles. The fourth-order valence-electron chi connectivity index (χ4n) is 2.07. The lowest BCUT2D eigenvalue weighted by molar-refractivity contribution is 0.443. The van der Waals surface area contributed by atoms with E-state index in [0.29, 0.717) is 18.2 Å². The highest BCUT2D eigenvalue weighted by Gasteiger charge is 2.16. The molecule has 0 saturated heterocycles. The first-order chi connectivity index (χ1) is 9.40. The molecule has 3 N–H and O–H groups in total. The van der Waals surface area contributed by atoms with Gasteiger partial charge in [0.2, 0.25) is 10.0 Å². The van der Waals surface area contributed by atoms with Crippen molar-refractivity contribution in [3.63, 3.8) is 0 Å². The van der Waals surface area contributed by atoms with Crippen LogP contribution in [0.15, 0.2) is 23.1 Å². The quantitative estimate of drug-likeness (QED) is 0.724. The van der Waals surface area contributed by atoms with Gasteiger partial charge in [0.25, 0.3) is 0 Å². The fourth-order valence-corrected chi connectivity index (χ4v) is 3.27. The Labute approximate surface area is 122 Å². The van der Waals surface area contributed by atoms with E-state index in [1.54, 1.807) is 18.2 Å². The van der Waals surface area contributed by atoms with Gasteiger partial charge in [-0.2, -0.15) is 0 Å². The first-order valence-corrected chi connectivity index (χ1v) is 8.74. The fraction of sp³-hybridized carbons (Fsp3) is 0.600. The highest BCUT2D eigenvalue weighted by Crippen LogP contribution is 2.18. The summed E-state index contributed by atoms with van der Waals surface area (Å²) in [6.45, 7) is 6.56. The molecule has 1 aromatic carbocycles. The molecule has 114 valence electrons. The second-order valence-electron chi connectivity index (χ2n) is 5.29. The number of rotatable bonds is 8. The number of hydrogen-bond donors (Lipinski definition) is 2. The van der Waals surface area contributed by atoms with Crippen LogP contribution in [0.2, 0.25) is 0 Å². The molecule has 0 fully saturated rings. The molecule has 1 atom stereocenters. The number of anilines is 1. The molecular formula is C15H26N2O2S. The van der Waals surface area contributed by atoms with E-state index < -0.39 is 10.0 Å². The molecular weight excluding hydrogens is 272 g/mol. The summed E-state index contributed by atoms with van der Waals surface area (Å²) in [5.74, 6) is 0.402. The van der Waals surface area contributed by atoms with Crippen LogP contribution < -0.4 is 10.5 Å². The van der Waals surface area contributed by atoms with Crippen LogP contribution in [0.25, 0.3) is 0 Å². The number of benzene rings is 1. The third-order valence-corrected chi connectivity index (χ3v) is 5.08. The van der Waals surface area contributed by atoms with Crippen molar-refractivity contribution in [2.45, 2.75) is 51.3 Å². The van der Waals surface area contributed by atoms with E-state index in [1.165, 1.54) is 0 Å². The van der Waals surface area contributed by atoms with Gasteiger partial charge in [0, 0.05) is 12.2 Å². The molecule has 0 radical (unpaired) electrons. The molecule has 1 aromatic rings. The Morgan fingerprint density at radius 2 is 2.00 bits per heavy atom. The van der Waals surface area contributed by atoms with Crippen molar-refractivity contribution in [3.8, 4) is 0 Å². The lowest BCUT2D eigenvalue weighted by Gasteiger charge is -2.15. The summed E-state index contributed by atoms with van der Waals surface area (Å²) in [6.07, 6.45) is 4.33. The third kappa shape index (κ3) is 4.80. The molecule has 0 spiro atoms. The summed E-state index contributed by atoms with van der Waals surface area (Å²) in [5, 5.41) is 0. The van der Waals surface area contributed by atoms with Gasteiger partial charge in [-0.15, -0.1) is 0 Å². The van der Waals surface area contributed by atoms with E-state index in [-0.39, 0.29) is 4.90 Å². The Kier molecular flexibility index (Phi) is 6.49. The minimum atomic E-state index is -3.44. The molecule has 5 heteroatoms. The van der Waals surface area contributed by atoms with Crippen molar-refractivity contribution in [1.29, 1.82) is 0 Å². The lowest BCUT2D eigenvalue weighted by atomic mass is 10.00. The van der Waals surface area contributed by atoms with E-state index in [9.17, 15) is 8.42 Å². The zero-order valence-corrected chi connectivity index (χ0v) is 13.5. The summed E-state index contributed by atoms with van der Waals surface area (Å²) >= 11 is 0. The van der Waals surface area contributed by atoms with Crippen molar-refractivity contribution in [2.75, 3.05) is 12.3 Å². The topological polar surface area (TPSA) is 72.2 Å². The summed E-state index contributed by atoms with van der Waals surface area (Å²) in [4.78, 5) is 0.287. The lowest BCUT2D eigenvalue weighted by Crippen LogP contribution is -2.29. The molecule has 1 unspecified atom stereocenters. The number of nitrogens with one attached hydrogen (secondary N) is 1. The van der Waals surface area contributed by atoms with Gasteiger partial charge >= 0.3 is 0 Å². The smallest absolute Gasteiger partial charge is 0.240 e. The Hall–Kier alpha value is -1.07. The normalized spacial score (nSPS) is 13.3. The van der Waals surface area contributed by atoms with Gasteiger partial charge in [-0.1, -0.05) is 33.1 Å². The van der Waals surface area contributed by atoms with E-state index >= 15 is 0 Å². The molecule has 0 aliphatic carbocycles. The summed E-state index contributed by atoms with van der Waals surface area (Å²) in [7, 11) is -3.44. The zero-order chi connectivity index (χ0) is 15.2. The molecule has 4 nitrogen and oxygen atoms in total. The standard InChI is InChI=1S/C15H26N2O2S/c1-4-6-7-13(5-2)11-17-20(18,19)14-8-9-15(16)12(3)10-14/h8-10,13,17H,4-7,11,16H2,1-3H3. The molecule has 0 aromatic heterocycles. The monoisotopic (exact) mass is 298 g/mol. The van der Waals surface area contributed by atoms with Crippen LogP contribution in [0.1, 0.15) is 45.1 Å². The maximum atomic E-state index is 12.2. The van der Waals surface area contributed by atoms with Gasteiger partial charge in [-0.3, -0.25) is 0 Å². The number of aryl methyl sites for hydroxylation is 1. The first-order valence-electron chi connectivity index (χ1n) is 7.26. The van der Waals surface area contributed by atoms with Gasteiger partial charge in [0.15, 0.2) is 0 Å². The molecule has 20 heavy (non-hydrogen) atoms. The minimum absolute atomic E-state index is 0.287. The zero-order valence-electron chi connectivity index (χ0n) is 12.6. The predicted octanol–water partition coefficient (Wildman–Crippen LogP) is 3.07. The van der Waals surface area contributed by atoms with Gasteiger partial charge in [-0.05, 0) is 43.0 Å². The second-order valence-corrected chi connectivity index (χ2v) is 7.05. The predicted molar refractivity (Wildman–Crippen MR) is 84.1 cm³/mol. The number of nitrogens with two attached hydrogens (primary N) is 1. The van der Waals surface area contributed by atoms with Crippen LogP contribution in [0.5, 0.6) is 0 Å². The van der Waals surface area contributed by atoms with Crippen molar-refractivity contribution >= 4 is 15.7 Å². The van der Waals surface area contributed by atoms with E-state index in [4.69, 9.17) is 5.73 Å². The van der Waals surface area contributed by atoms with Crippen LogP contribution in [-0.2, 0) is 10.0 Å². The highest BCUT2D eigenvalue weighted by molar-refractivity contribution is 7.89. The summed E-state index contributed by atoms with van der Waals surface area (Å²) in [5.41, 5.74) is 7.11.